The molecule has 2 aromatic rings. The summed E-state index contributed by atoms with van der Waals surface area (Å²) in [5, 5.41) is 0.681. The quantitative estimate of drug-likeness (QED) is 0.812. The molecule has 0 radical (unpaired) electrons. The lowest BCUT2D eigenvalue weighted by molar-refractivity contribution is -0.149. The van der Waals surface area contributed by atoms with E-state index in [1.165, 1.54) is 18.3 Å². The second-order valence-corrected chi connectivity index (χ2v) is 3.31. The van der Waals surface area contributed by atoms with E-state index in [9.17, 15) is 13.2 Å². The Kier molecular flexibility index (Phi) is 2.51. The predicted octanol–water partition coefficient (Wildman–Crippen LogP) is 2.19. The summed E-state index contributed by atoms with van der Waals surface area (Å²) >= 11 is 0. The van der Waals surface area contributed by atoms with Crippen LogP contribution in [-0.4, -0.2) is 16.1 Å². The maximum Gasteiger partial charge on any atom is 0.409 e. The van der Waals surface area contributed by atoms with E-state index in [0.29, 0.717) is 5.39 Å². The Morgan fingerprint density at radius 2 is 1.94 bits per heavy atom. The molecule has 0 aliphatic rings. The number of nitrogens with two attached hydrogens (primary N) is 1. The minimum absolute atomic E-state index is 0.223. The molecule has 0 saturated carbocycles. The molecular formula is C10H8F3N3. The van der Waals surface area contributed by atoms with Crippen molar-refractivity contribution in [2.75, 3.05) is 0 Å². The Bertz CT molecular complexity index is 510. The number of pyridine rings is 2. The first kappa shape index (κ1) is 10.8. The summed E-state index contributed by atoms with van der Waals surface area (Å²) < 4.78 is 37.0. The minimum atomic E-state index is -4.49. The van der Waals surface area contributed by atoms with Crippen LogP contribution in [-0.2, 0) is 0 Å². The van der Waals surface area contributed by atoms with E-state index in [1.54, 1.807) is 12.1 Å². The Balaban J connectivity index is 2.47. The molecule has 0 saturated heterocycles. The predicted molar refractivity (Wildman–Crippen MR) is 52.5 cm³/mol. The lowest BCUT2D eigenvalue weighted by Gasteiger charge is -2.14. The molecule has 3 nitrogen and oxygen atoms in total. The third kappa shape index (κ3) is 1.96. The van der Waals surface area contributed by atoms with Gasteiger partial charge >= 0.3 is 6.18 Å². The summed E-state index contributed by atoms with van der Waals surface area (Å²) in [6, 6.07) is 4.13. The second-order valence-electron chi connectivity index (χ2n) is 3.31. The fourth-order valence-electron chi connectivity index (χ4n) is 1.31. The molecule has 0 spiro atoms. The topological polar surface area (TPSA) is 51.8 Å². The number of hydrogen-bond donors (Lipinski definition) is 1. The smallest absolute Gasteiger partial charge is 0.315 e. The number of rotatable bonds is 1. The molecule has 0 fully saturated rings. The molecule has 84 valence electrons. The summed E-state index contributed by atoms with van der Waals surface area (Å²) in [6.45, 7) is 0. The van der Waals surface area contributed by atoms with E-state index in [0.717, 1.165) is 0 Å². The van der Waals surface area contributed by atoms with E-state index >= 15 is 0 Å². The maximum atomic E-state index is 12.3. The third-order valence-corrected chi connectivity index (χ3v) is 2.16. The zero-order valence-corrected chi connectivity index (χ0v) is 8.07. The number of alkyl halides is 3. The standard InChI is InChI=1S/C10H8F3N3/c11-10(12,13)8(14)7-4-3-6-2-1-5-15-9(6)16-7/h1-5,8H,14H2. The molecule has 1 unspecified atom stereocenters. The van der Waals surface area contributed by atoms with Crippen molar-refractivity contribution < 1.29 is 13.2 Å². The van der Waals surface area contributed by atoms with Crippen LogP contribution in [0.4, 0.5) is 13.2 Å². The number of aromatic nitrogens is 2. The fraction of sp³-hybridized carbons (Fsp3) is 0.200. The SMILES string of the molecule is NC(c1ccc2cccnc2n1)C(F)(F)F. The second kappa shape index (κ2) is 3.71. The molecule has 2 rings (SSSR count). The molecule has 0 amide bonds. The van der Waals surface area contributed by atoms with Gasteiger partial charge in [-0.2, -0.15) is 13.2 Å². The van der Waals surface area contributed by atoms with Crippen LogP contribution in [0.5, 0.6) is 0 Å². The van der Waals surface area contributed by atoms with Crippen molar-refractivity contribution in [3.63, 3.8) is 0 Å². The maximum absolute atomic E-state index is 12.3. The van der Waals surface area contributed by atoms with E-state index < -0.39 is 12.2 Å². The molecule has 2 aromatic heterocycles. The van der Waals surface area contributed by atoms with Gasteiger partial charge in [0.2, 0.25) is 0 Å². The highest BCUT2D eigenvalue weighted by Crippen LogP contribution is 2.29. The fourth-order valence-corrected chi connectivity index (χ4v) is 1.31. The first-order valence-electron chi connectivity index (χ1n) is 4.52. The van der Waals surface area contributed by atoms with Crippen molar-refractivity contribution in [1.29, 1.82) is 0 Å². The highest BCUT2D eigenvalue weighted by Gasteiger charge is 2.38. The minimum Gasteiger partial charge on any atom is -0.315 e. The van der Waals surface area contributed by atoms with Crippen LogP contribution in [0.3, 0.4) is 0 Å². The van der Waals surface area contributed by atoms with Crippen molar-refractivity contribution in [3.8, 4) is 0 Å². The van der Waals surface area contributed by atoms with Crippen molar-refractivity contribution in [2.24, 2.45) is 5.73 Å². The van der Waals surface area contributed by atoms with Gasteiger partial charge in [-0.25, -0.2) is 9.97 Å². The van der Waals surface area contributed by atoms with Gasteiger partial charge in [0, 0.05) is 11.6 Å². The van der Waals surface area contributed by atoms with E-state index in [1.807, 2.05) is 0 Å². The van der Waals surface area contributed by atoms with Crippen LogP contribution < -0.4 is 5.73 Å². The van der Waals surface area contributed by atoms with Gasteiger partial charge < -0.3 is 5.73 Å². The largest absolute Gasteiger partial charge is 0.409 e. The molecule has 2 heterocycles. The molecule has 0 bridgehead atoms. The summed E-state index contributed by atoms with van der Waals surface area (Å²) in [5.41, 5.74) is 5.09. The van der Waals surface area contributed by atoms with Crippen molar-refractivity contribution >= 4 is 11.0 Å². The number of hydrogen-bond acceptors (Lipinski definition) is 3. The van der Waals surface area contributed by atoms with Gasteiger partial charge in [0.05, 0.1) is 5.69 Å². The van der Waals surface area contributed by atoms with Crippen LogP contribution in [0.25, 0.3) is 11.0 Å². The Morgan fingerprint density at radius 3 is 2.62 bits per heavy atom. The van der Waals surface area contributed by atoms with E-state index in [4.69, 9.17) is 5.73 Å². The number of nitrogens with zero attached hydrogens (tertiary/aromatic N) is 2. The molecule has 1 atom stereocenters. The number of fused-ring (bicyclic) bond motifs is 1. The van der Waals surface area contributed by atoms with E-state index in [-0.39, 0.29) is 11.3 Å². The van der Waals surface area contributed by atoms with Crippen LogP contribution in [0.1, 0.15) is 11.7 Å². The molecular weight excluding hydrogens is 219 g/mol. The Hall–Kier alpha value is -1.69. The summed E-state index contributed by atoms with van der Waals surface area (Å²) in [6.07, 6.45) is -3.02. The molecule has 16 heavy (non-hydrogen) atoms. The molecule has 2 N–H and O–H groups in total. The summed E-state index contributed by atoms with van der Waals surface area (Å²) in [4.78, 5) is 7.66. The normalized spacial score (nSPS) is 14.0. The van der Waals surface area contributed by atoms with Crippen molar-refractivity contribution in [2.45, 2.75) is 12.2 Å². The monoisotopic (exact) mass is 227 g/mol. The lowest BCUT2D eigenvalue weighted by Crippen LogP contribution is -2.29. The van der Waals surface area contributed by atoms with Gasteiger partial charge in [0.1, 0.15) is 6.04 Å². The average molecular weight is 227 g/mol. The molecule has 6 heteroatoms. The Labute approximate surface area is 89.1 Å². The van der Waals surface area contributed by atoms with Crippen LogP contribution in [0.2, 0.25) is 0 Å². The first-order chi connectivity index (χ1) is 7.48. The lowest BCUT2D eigenvalue weighted by atomic mass is 10.1. The van der Waals surface area contributed by atoms with Gasteiger partial charge in [-0.1, -0.05) is 0 Å². The Morgan fingerprint density at radius 1 is 1.19 bits per heavy atom. The van der Waals surface area contributed by atoms with Gasteiger partial charge in [0.25, 0.3) is 0 Å². The zero-order valence-electron chi connectivity index (χ0n) is 8.07. The van der Waals surface area contributed by atoms with Gasteiger partial charge in [-0.3, -0.25) is 0 Å². The van der Waals surface area contributed by atoms with Gasteiger partial charge in [-0.15, -0.1) is 0 Å². The summed E-state index contributed by atoms with van der Waals surface area (Å²) in [7, 11) is 0. The first-order valence-corrected chi connectivity index (χ1v) is 4.52. The van der Waals surface area contributed by atoms with Crippen LogP contribution >= 0.6 is 0 Å². The number of halogens is 3. The van der Waals surface area contributed by atoms with Crippen molar-refractivity contribution in [3.05, 3.63) is 36.2 Å². The highest BCUT2D eigenvalue weighted by molar-refractivity contribution is 5.74. The molecule has 0 aliphatic carbocycles. The molecule has 0 aliphatic heterocycles. The van der Waals surface area contributed by atoms with Crippen LogP contribution in [0.15, 0.2) is 30.5 Å². The van der Waals surface area contributed by atoms with Gasteiger partial charge in [0.15, 0.2) is 5.65 Å². The highest BCUT2D eigenvalue weighted by atomic mass is 19.4. The average Bonchev–Trinajstić information content (AvgIpc) is 2.26. The van der Waals surface area contributed by atoms with Crippen molar-refractivity contribution in [1.82, 2.24) is 9.97 Å². The van der Waals surface area contributed by atoms with E-state index in [2.05, 4.69) is 9.97 Å². The third-order valence-electron chi connectivity index (χ3n) is 2.16. The zero-order chi connectivity index (χ0) is 11.8. The van der Waals surface area contributed by atoms with Gasteiger partial charge in [-0.05, 0) is 24.3 Å². The molecule has 0 aromatic carbocycles. The van der Waals surface area contributed by atoms with Crippen LogP contribution in [0, 0.1) is 0 Å². The summed E-state index contributed by atoms with van der Waals surface area (Å²) in [5.74, 6) is 0.